The Morgan fingerprint density at radius 3 is 2.73 bits per heavy atom. The van der Waals surface area contributed by atoms with Gasteiger partial charge in [0.05, 0.1) is 11.4 Å². The normalized spacial score (nSPS) is 19.2. The lowest BCUT2D eigenvalue weighted by atomic mass is 9.89. The molecule has 0 spiro atoms. The van der Waals surface area contributed by atoms with E-state index in [1.807, 2.05) is 36.4 Å². The number of likely N-dealkylation sites (N-methyl/N-ethyl adjacent to an activating group) is 1. The number of benzene rings is 2. The van der Waals surface area contributed by atoms with E-state index in [0.29, 0.717) is 17.9 Å². The molecule has 2 N–H and O–H groups in total. The van der Waals surface area contributed by atoms with Crippen LogP contribution in [0.25, 0.3) is 0 Å². The largest absolute Gasteiger partial charge is 0.367 e. The molecule has 2 aromatic carbocycles. The van der Waals surface area contributed by atoms with E-state index in [-0.39, 0.29) is 24.2 Å². The van der Waals surface area contributed by atoms with Crippen LogP contribution in [0.4, 0.5) is 17.1 Å². The minimum absolute atomic E-state index is 0.0117. The number of para-hydroxylation sites is 1. The van der Waals surface area contributed by atoms with Crippen LogP contribution < -0.4 is 15.5 Å². The minimum atomic E-state index is -0.192. The first kappa shape index (κ1) is 20.7. The Labute approximate surface area is 182 Å². The second kappa shape index (κ2) is 9.06. The van der Waals surface area contributed by atoms with E-state index in [1.165, 1.54) is 0 Å². The van der Waals surface area contributed by atoms with Gasteiger partial charge in [0.2, 0.25) is 11.8 Å². The summed E-state index contributed by atoms with van der Waals surface area (Å²) in [5.74, 6) is -0.302. The number of nitrogens with one attached hydrogen (secondary N) is 2. The summed E-state index contributed by atoms with van der Waals surface area (Å²) >= 11 is 6.20. The van der Waals surface area contributed by atoms with Crippen LogP contribution in [0.2, 0.25) is 5.02 Å². The topological polar surface area (TPSA) is 64.7 Å². The molecule has 0 saturated carbocycles. The maximum Gasteiger partial charge on any atom is 0.227 e. The highest BCUT2D eigenvalue weighted by Crippen LogP contribution is 2.31. The van der Waals surface area contributed by atoms with Gasteiger partial charge in [-0.05, 0) is 49.7 Å². The molecule has 1 fully saturated rings. The number of fused-ring (bicyclic) bond motifs is 1. The van der Waals surface area contributed by atoms with Gasteiger partial charge in [0, 0.05) is 49.2 Å². The summed E-state index contributed by atoms with van der Waals surface area (Å²) in [5.41, 5.74) is 3.72. The van der Waals surface area contributed by atoms with Crippen LogP contribution in [-0.4, -0.2) is 49.9 Å². The number of nitrogens with zero attached hydrogens (tertiary/aromatic N) is 2. The molecular weight excluding hydrogens is 400 g/mol. The van der Waals surface area contributed by atoms with Crippen LogP contribution in [0, 0.1) is 5.92 Å². The number of hydrogen-bond acceptors (Lipinski definition) is 4. The number of anilines is 3. The maximum atomic E-state index is 12.7. The molecule has 2 aliphatic rings. The zero-order valence-corrected chi connectivity index (χ0v) is 17.9. The molecular formula is C23H27ClN4O2. The number of rotatable bonds is 5. The zero-order valence-electron chi connectivity index (χ0n) is 17.2. The van der Waals surface area contributed by atoms with Crippen LogP contribution >= 0.6 is 11.6 Å². The van der Waals surface area contributed by atoms with E-state index < -0.39 is 0 Å². The fourth-order valence-corrected chi connectivity index (χ4v) is 4.27. The second-order valence-corrected chi connectivity index (χ2v) is 8.52. The van der Waals surface area contributed by atoms with E-state index in [4.69, 9.17) is 11.6 Å². The van der Waals surface area contributed by atoms with Crippen LogP contribution in [-0.2, 0) is 16.0 Å². The third-order valence-corrected chi connectivity index (χ3v) is 6.14. The highest BCUT2D eigenvalue weighted by atomic mass is 35.5. The fourth-order valence-electron chi connectivity index (χ4n) is 4.10. The number of amides is 2. The molecule has 2 aliphatic heterocycles. The quantitative estimate of drug-likeness (QED) is 0.766. The van der Waals surface area contributed by atoms with Crippen molar-refractivity contribution in [3.05, 3.63) is 53.1 Å². The number of carbonyl (C=O) groups is 2. The Morgan fingerprint density at radius 1 is 1.17 bits per heavy atom. The maximum absolute atomic E-state index is 12.7. The van der Waals surface area contributed by atoms with Gasteiger partial charge in [-0.2, -0.15) is 0 Å². The molecule has 158 valence electrons. The number of halogens is 1. The van der Waals surface area contributed by atoms with Crippen LogP contribution in [0.1, 0.15) is 18.4 Å². The summed E-state index contributed by atoms with van der Waals surface area (Å²) < 4.78 is 0. The van der Waals surface area contributed by atoms with Crippen molar-refractivity contribution in [3.63, 3.8) is 0 Å². The van der Waals surface area contributed by atoms with Gasteiger partial charge in [-0.15, -0.1) is 0 Å². The molecule has 1 unspecified atom stereocenters. The molecule has 1 atom stereocenters. The van der Waals surface area contributed by atoms with Gasteiger partial charge < -0.3 is 20.4 Å². The molecule has 0 radical (unpaired) electrons. The van der Waals surface area contributed by atoms with Crippen molar-refractivity contribution in [3.8, 4) is 0 Å². The van der Waals surface area contributed by atoms with Gasteiger partial charge in [0.15, 0.2) is 0 Å². The van der Waals surface area contributed by atoms with E-state index in [0.717, 1.165) is 48.8 Å². The van der Waals surface area contributed by atoms with Gasteiger partial charge in [-0.3, -0.25) is 9.59 Å². The Morgan fingerprint density at radius 2 is 1.93 bits per heavy atom. The molecule has 1 saturated heterocycles. The van der Waals surface area contributed by atoms with Gasteiger partial charge in [0.25, 0.3) is 0 Å². The molecule has 30 heavy (non-hydrogen) atoms. The van der Waals surface area contributed by atoms with Gasteiger partial charge >= 0.3 is 0 Å². The fraction of sp³-hybridized carbons (Fsp3) is 0.391. The summed E-state index contributed by atoms with van der Waals surface area (Å²) in [5, 5.41) is 6.56. The highest BCUT2D eigenvalue weighted by Gasteiger charge is 2.26. The lowest BCUT2D eigenvalue weighted by Gasteiger charge is -2.35. The van der Waals surface area contributed by atoms with Gasteiger partial charge in [-0.1, -0.05) is 29.8 Å². The van der Waals surface area contributed by atoms with E-state index in [1.54, 1.807) is 6.07 Å². The Bertz CT molecular complexity index is 941. The monoisotopic (exact) mass is 426 g/mol. The van der Waals surface area contributed by atoms with E-state index in [9.17, 15) is 9.59 Å². The number of carbonyl (C=O) groups excluding carboxylic acids is 2. The SMILES string of the molecule is CN1CCN(c2ccc(Cl)cc2NC(=O)CCC2Cc3ccccc3NC2=O)CC1. The van der Waals surface area contributed by atoms with E-state index in [2.05, 4.69) is 27.5 Å². The summed E-state index contributed by atoms with van der Waals surface area (Å²) in [6, 6.07) is 13.4. The summed E-state index contributed by atoms with van der Waals surface area (Å²) in [6.07, 6.45) is 1.46. The lowest BCUT2D eigenvalue weighted by molar-refractivity contribution is -0.121. The molecule has 6 nitrogen and oxygen atoms in total. The molecule has 0 aliphatic carbocycles. The molecule has 7 heteroatoms. The Hall–Kier alpha value is -2.57. The van der Waals surface area contributed by atoms with Crippen molar-refractivity contribution in [2.45, 2.75) is 19.3 Å². The van der Waals surface area contributed by atoms with Crippen molar-refractivity contribution >= 4 is 40.5 Å². The van der Waals surface area contributed by atoms with Crippen molar-refractivity contribution in [1.29, 1.82) is 0 Å². The standard InChI is InChI=1S/C23H27ClN4O2/c1-27-10-12-28(13-11-27)21-8-7-18(24)15-20(21)25-22(29)9-6-17-14-16-4-2-3-5-19(16)26-23(17)30/h2-5,7-8,15,17H,6,9-14H2,1H3,(H,25,29)(H,26,30). The summed E-state index contributed by atoms with van der Waals surface area (Å²) in [6.45, 7) is 3.77. The van der Waals surface area contributed by atoms with Crippen molar-refractivity contribution in [2.75, 3.05) is 48.8 Å². The third-order valence-electron chi connectivity index (χ3n) is 5.91. The number of hydrogen-bond donors (Lipinski definition) is 2. The first-order valence-corrected chi connectivity index (χ1v) is 10.8. The summed E-state index contributed by atoms with van der Waals surface area (Å²) in [4.78, 5) is 29.6. The molecule has 4 rings (SSSR count). The van der Waals surface area contributed by atoms with Crippen LogP contribution in [0.15, 0.2) is 42.5 Å². The molecule has 0 bridgehead atoms. The zero-order chi connectivity index (χ0) is 21.1. The Kier molecular flexibility index (Phi) is 6.25. The smallest absolute Gasteiger partial charge is 0.227 e. The van der Waals surface area contributed by atoms with Crippen molar-refractivity contribution in [1.82, 2.24) is 4.90 Å². The predicted octanol–water partition coefficient (Wildman–Crippen LogP) is 3.62. The molecule has 2 amide bonds. The summed E-state index contributed by atoms with van der Waals surface area (Å²) in [7, 11) is 2.11. The van der Waals surface area contributed by atoms with Gasteiger partial charge in [0.1, 0.15) is 0 Å². The minimum Gasteiger partial charge on any atom is -0.367 e. The predicted molar refractivity (Wildman–Crippen MR) is 121 cm³/mol. The Balaban J connectivity index is 1.38. The van der Waals surface area contributed by atoms with E-state index >= 15 is 0 Å². The van der Waals surface area contributed by atoms with Gasteiger partial charge in [-0.25, -0.2) is 0 Å². The number of piperazine rings is 1. The van der Waals surface area contributed by atoms with Crippen LogP contribution in [0.3, 0.4) is 0 Å². The average molecular weight is 427 g/mol. The van der Waals surface area contributed by atoms with Crippen LogP contribution in [0.5, 0.6) is 0 Å². The van der Waals surface area contributed by atoms with Crippen molar-refractivity contribution in [2.24, 2.45) is 5.92 Å². The second-order valence-electron chi connectivity index (χ2n) is 8.09. The molecule has 0 aromatic heterocycles. The average Bonchev–Trinajstić information content (AvgIpc) is 2.73. The first-order valence-electron chi connectivity index (χ1n) is 10.4. The van der Waals surface area contributed by atoms with Crippen molar-refractivity contribution < 1.29 is 9.59 Å². The highest BCUT2D eigenvalue weighted by molar-refractivity contribution is 6.31. The lowest BCUT2D eigenvalue weighted by Crippen LogP contribution is -2.44. The third kappa shape index (κ3) is 4.77. The molecule has 2 aromatic rings. The first-order chi connectivity index (χ1) is 14.5. The molecule has 2 heterocycles.